The summed E-state index contributed by atoms with van der Waals surface area (Å²) in [5.41, 5.74) is 3.86. The highest BCUT2D eigenvalue weighted by Crippen LogP contribution is 2.28. The molecule has 1 heterocycles. The van der Waals surface area contributed by atoms with Crippen LogP contribution in [-0.2, 0) is 0 Å². The van der Waals surface area contributed by atoms with Crippen LogP contribution in [0.3, 0.4) is 0 Å². The number of anilines is 1. The second-order valence-electron chi connectivity index (χ2n) is 5.44. The monoisotopic (exact) mass is 273 g/mol. The van der Waals surface area contributed by atoms with Crippen LogP contribution in [0, 0.1) is 12.7 Å². The first-order valence-electron chi connectivity index (χ1n) is 6.72. The molecule has 0 aliphatic rings. The van der Waals surface area contributed by atoms with Crippen molar-refractivity contribution in [2.75, 3.05) is 19.0 Å². The van der Waals surface area contributed by atoms with Gasteiger partial charge in [-0.25, -0.2) is 14.4 Å². The van der Waals surface area contributed by atoms with E-state index in [1.165, 1.54) is 12.1 Å². The third-order valence-electron chi connectivity index (χ3n) is 3.24. The lowest BCUT2D eigenvalue weighted by Gasteiger charge is -2.18. The highest BCUT2D eigenvalue weighted by Gasteiger charge is 2.15. The third-order valence-corrected chi connectivity index (χ3v) is 3.24. The van der Waals surface area contributed by atoms with E-state index in [0.717, 1.165) is 22.5 Å². The second-order valence-corrected chi connectivity index (χ2v) is 5.44. The summed E-state index contributed by atoms with van der Waals surface area (Å²) in [5, 5.41) is 0. The molecule has 0 saturated heterocycles. The molecule has 0 atom stereocenters. The number of halogens is 1. The second kappa shape index (κ2) is 5.57. The van der Waals surface area contributed by atoms with Gasteiger partial charge in [0.2, 0.25) is 5.95 Å². The molecule has 2 rings (SSSR count). The molecule has 0 amide bonds. The van der Waals surface area contributed by atoms with E-state index < -0.39 is 0 Å². The van der Waals surface area contributed by atoms with Crippen LogP contribution < -0.4 is 4.90 Å². The molecule has 1 aromatic carbocycles. The standard InChI is InChI=1S/C16H20FN3/c1-10(2)14-11(3)15(19-16(18-14)20(4)5)12-6-8-13(17)9-7-12/h6-10H,1-5H3. The summed E-state index contributed by atoms with van der Waals surface area (Å²) >= 11 is 0. The predicted octanol–water partition coefficient (Wildman–Crippen LogP) is 3.78. The molecular formula is C16H20FN3. The summed E-state index contributed by atoms with van der Waals surface area (Å²) in [6.07, 6.45) is 0. The highest BCUT2D eigenvalue weighted by molar-refractivity contribution is 5.65. The first kappa shape index (κ1) is 14.4. The molecule has 0 aliphatic heterocycles. The molecular weight excluding hydrogens is 253 g/mol. The molecule has 4 heteroatoms. The molecule has 3 nitrogen and oxygen atoms in total. The van der Waals surface area contributed by atoms with Crippen LogP contribution in [0.2, 0.25) is 0 Å². The Morgan fingerprint density at radius 2 is 1.65 bits per heavy atom. The van der Waals surface area contributed by atoms with Crippen molar-refractivity contribution in [3.05, 3.63) is 41.3 Å². The largest absolute Gasteiger partial charge is 0.347 e. The quantitative estimate of drug-likeness (QED) is 0.852. The Morgan fingerprint density at radius 1 is 1.05 bits per heavy atom. The molecule has 106 valence electrons. The van der Waals surface area contributed by atoms with Gasteiger partial charge in [-0.15, -0.1) is 0 Å². The van der Waals surface area contributed by atoms with Crippen molar-refractivity contribution in [1.29, 1.82) is 0 Å². The Balaban J connectivity index is 2.64. The summed E-state index contributed by atoms with van der Waals surface area (Å²) < 4.78 is 13.1. The smallest absolute Gasteiger partial charge is 0.225 e. The SMILES string of the molecule is Cc1c(-c2ccc(F)cc2)nc(N(C)C)nc1C(C)C. The van der Waals surface area contributed by atoms with Gasteiger partial charge in [-0.2, -0.15) is 0 Å². The fourth-order valence-corrected chi connectivity index (χ4v) is 2.17. The Bertz CT molecular complexity index is 604. The lowest BCUT2D eigenvalue weighted by Crippen LogP contribution is -2.15. The summed E-state index contributed by atoms with van der Waals surface area (Å²) in [6.45, 7) is 6.25. The Morgan fingerprint density at radius 3 is 2.15 bits per heavy atom. The van der Waals surface area contributed by atoms with Crippen molar-refractivity contribution in [3.63, 3.8) is 0 Å². The minimum atomic E-state index is -0.239. The summed E-state index contributed by atoms with van der Waals surface area (Å²) in [5.74, 6) is 0.756. The molecule has 0 aliphatic carbocycles. The normalized spacial score (nSPS) is 10.9. The molecule has 0 N–H and O–H groups in total. The highest BCUT2D eigenvalue weighted by atomic mass is 19.1. The van der Waals surface area contributed by atoms with Crippen molar-refractivity contribution in [2.24, 2.45) is 0 Å². The minimum Gasteiger partial charge on any atom is -0.347 e. The van der Waals surface area contributed by atoms with Gasteiger partial charge in [0, 0.05) is 19.7 Å². The number of benzene rings is 1. The number of hydrogen-bond donors (Lipinski definition) is 0. The number of hydrogen-bond acceptors (Lipinski definition) is 3. The van der Waals surface area contributed by atoms with E-state index in [0.29, 0.717) is 11.9 Å². The van der Waals surface area contributed by atoms with Crippen LogP contribution in [-0.4, -0.2) is 24.1 Å². The Kier molecular flexibility index (Phi) is 4.02. The fourth-order valence-electron chi connectivity index (χ4n) is 2.17. The van der Waals surface area contributed by atoms with E-state index in [4.69, 9.17) is 0 Å². The lowest BCUT2D eigenvalue weighted by atomic mass is 10.00. The zero-order valence-corrected chi connectivity index (χ0v) is 12.6. The maximum atomic E-state index is 13.1. The number of aromatic nitrogens is 2. The number of nitrogens with zero attached hydrogens (tertiary/aromatic N) is 3. The minimum absolute atomic E-state index is 0.239. The summed E-state index contributed by atoms with van der Waals surface area (Å²) in [7, 11) is 3.84. The first-order chi connectivity index (χ1) is 9.40. The van der Waals surface area contributed by atoms with E-state index in [1.807, 2.05) is 25.9 Å². The van der Waals surface area contributed by atoms with Crippen molar-refractivity contribution >= 4 is 5.95 Å². The maximum absolute atomic E-state index is 13.1. The Hall–Kier alpha value is -1.97. The fraction of sp³-hybridized carbons (Fsp3) is 0.375. The van der Waals surface area contributed by atoms with Crippen LogP contribution in [0.15, 0.2) is 24.3 Å². The zero-order chi connectivity index (χ0) is 14.9. The number of rotatable bonds is 3. The zero-order valence-electron chi connectivity index (χ0n) is 12.6. The molecule has 1 aromatic heterocycles. The molecule has 0 spiro atoms. The van der Waals surface area contributed by atoms with Gasteiger partial charge in [-0.05, 0) is 42.7 Å². The molecule has 2 aromatic rings. The topological polar surface area (TPSA) is 29.0 Å². The molecule has 0 unspecified atom stereocenters. The van der Waals surface area contributed by atoms with Crippen molar-refractivity contribution in [2.45, 2.75) is 26.7 Å². The van der Waals surface area contributed by atoms with Gasteiger partial charge in [-0.3, -0.25) is 0 Å². The average Bonchev–Trinajstić information content (AvgIpc) is 2.39. The van der Waals surface area contributed by atoms with Crippen molar-refractivity contribution in [3.8, 4) is 11.3 Å². The third kappa shape index (κ3) is 2.79. The van der Waals surface area contributed by atoms with Crippen LogP contribution in [0.1, 0.15) is 31.0 Å². The van der Waals surface area contributed by atoms with Crippen LogP contribution in [0.5, 0.6) is 0 Å². The van der Waals surface area contributed by atoms with E-state index >= 15 is 0 Å². The van der Waals surface area contributed by atoms with Crippen LogP contribution in [0.25, 0.3) is 11.3 Å². The van der Waals surface area contributed by atoms with Gasteiger partial charge in [0.15, 0.2) is 0 Å². The van der Waals surface area contributed by atoms with Crippen molar-refractivity contribution < 1.29 is 4.39 Å². The van der Waals surface area contributed by atoms with Crippen molar-refractivity contribution in [1.82, 2.24) is 9.97 Å². The van der Waals surface area contributed by atoms with Gasteiger partial charge in [0.05, 0.1) is 11.4 Å². The first-order valence-corrected chi connectivity index (χ1v) is 6.72. The Labute approximate surface area is 119 Å². The molecule has 0 saturated carbocycles. The van der Waals surface area contributed by atoms with E-state index in [9.17, 15) is 4.39 Å². The molecule has 0 fully saturated rings. The summed E-state index contributed by atoms with van der Waals surface area (Å²) in [4.78, 5) is 11.1. The lowest BCUT2D eigenvalue weighted by molar-refractivity contribution is 0.628. The molecule has 0 bridgehead atoms. The average molecular weight is 273 g/mol. The van der Waals surface area contributed by atoms with Gasteiger partial charge in [0.25, 0.3) is 0 Å². The van der Waals surface area contributed by atoms with Crippen LogP contribution >= 0.6 is 0 Å². The predicted molar refractivity (Wildman–Crippen MR) is 80.6 cm³/mol. The van der Waals surface area contributed by atoms with Gasteiger partial charge < -0.3 is 4.90 Å². The molecule has 0 radical (unpaired) electrons. The van der Waals surface area contributed by atoms with Crippen LogP contribution in [0.4, 0.5) is 10.3 Å². The van der Waals surface area contributed by atoms with Gasteiger partial charge in [-0.1, -0.05) is 13.8 Å². The van der Waals surface area contributed by atoms with E-state index in [2.05, 4.69) is 23.8 Å². The van der Waals surface area contributed by atoms with Gasteiger partial charge in [0.1, 0.15) is 5.82 Å². The van der Waals surface area contributed by atoms with E-state index in [1.54, 1.807) is 12.1 Å². The summed E-state index contributed by atoms with van der Waals surface area (Å²) in [6, 6.07) is 6.44. The molecule has 20 heavy (non-hydrogen) atoms. The maximum Gasteiger partial charge on any atom is 0.225 e. The van der Waals surface area contributed by atoms with Gasteiger partial charge >= 0.3 is 0 Å². The van der Waals surface area contributed by atoms with E-state index in [-0.39, 0.29) is 5.82 Å².